The summed E-state index contributed by atoms with van der Waals surface area (Å²) in [7, 11) is 0. The molecule has 34 heavy (non-hydrogen) atoms. The Morgan fingerprint density at radius 1 is 1.18 bits per heavy atom. The van der Waals surface area contributed by atoms with Gasteiger partial charge in [0.25, 0.3) is 0 Å². The fourth-order valence-corrected chi connectivity index (χ4v) is 3.76. The van der Waals surface area contributed by atoms with E-state index in [0.29, 0.717) is 11.6 Å². The minimum absolute atomic E-state index is 0.138. The lowest BCUT2D eigenvalue weighted by molar-refractivity contribution is -0.248. The first-order valence-electron chi connectivity index (χ1n) is 10.9. The lowest BCUT2D eigenvalue weighted by Crippen LogP contribution is -2.38. The predicted molar refractivity (Wildman–Crippen MR) is 121 cm³/mol. The van der Waals surface area contributed by atoms with Gasteiger partial charge in [-0.25, -0.2) is 4.98 Å². The van der Waals surface area contributed by atoms with Crippen molar-refractivity contribution in [1.29, 1.82) is 0 Å². The maximum absolute atomic E-state index is 13.3. The van der Waals surface area contributed by atoms with E-state index in [0.717, 1.165) is 16.7 Å². The lowest BCUT2D eigenvalue weighted by atomic mass is 10.0. The van der Waals surface area contributed by atoms with Crippen LogP contribution in [0.1, 0.15) is 30.5 Å². The van der Waals surface area contributed by atoms with Crippen molar-refractivity contribution >= 4 is 6.08 Å². The van der Waals surface area contributed by atoms with Gasteiger partial charge in [-0.15, -0.1) is 0 Å². The molecule has 0 amide bonds. The second kappa shape index (κ2) is 10.0. The fourth-order valence-electron chi connectivity index (χ4n) is 3.76. The maximum Gasteiger partial charge on any atom is 0.385 e. The van der Waals surface area contributed by atoms with E-state index in [-0.39, 0.29) is 19.3 Å². The Hall–Kier alpha value is -3.11. The Labute approximate surface area is 195 Å². The number of aliphatic hydroxyl groups is 3. The van der Waals surface area contributed by atoms with Gasteiger partial charge in [-0.2, -0.15) is 8.78 Å². The number of halogens is 2. The van der Waals surface area contributed by atoms with Gasteiger partial charge in [0.05, 0.1) is 19.3 Å². The minimum Gasteiger partial charge on any atom is -0.485 e. The number of alkyl halides is 2. The number of rotatable bonds is 8. The zero-order valence-electron chi connectivity index (χ0n) is 18.5. The Morgan fingerprint density at radius 2 is 1.82 bits per heavy atom. The molecule has 0 radical (unpaired) electrons. The van der Waals surface area contributed by atoms with Gasteiger partial charge in [0.2, 0.25) is 0 Å². The quantitative estimate of drug-likeness (QED) is 0.464. The number of aromatic nitrogens is 2. The van der Waals surface area contributed by atoms with Crippen molar-refractivity contribution in [3.05, 3.63) is 78.4 Å². The number of nitrogens with zero attached hydrogens (tertiary/aromatic N) is 2. The van der Waals surface area contributed by atoms with E-state index < -0.39 is 24.4 Å². The fraction of sp³-hybridized carbons (Fsp3) is 0.320. The van der Waals surface area contributed by atoms with E-state index >= 15 is 0 Å². The number of hydrogen-bond acceptors (Lipinski definition) is 6. The molecule has 0 bridgehead atoms. The predicted octanol–water partition coefficient (Wildman–Crippen LogP) is 3.58. The molecule has 1 aromatic heterocycles. The maximum atomic E-state index is 13.3. The van der Waals surface area contributed by atoms with Crippen LogP contribution in [0.25, 0.3) is 17.2 Å². The topological polar surface area (TPSA) is 97.0 Å². The molecular formula is C25H26F2N2O5. The summed E-state index contributed by atoms with van der Waals surface area (Å²) in [5.74, 6) is 0.843. The summed E-state index contributed by atoms with van der Waals surface area (Å²) in [6.07, 6.45) is -0.447. The van der Waals surface area contributed by atoms with Crippen molar-refractivity contribution in [2.24, 2.45) is 0 Å². The van der Waals surface area contributed by atoms with Crippen LogP contribution in [0.2, 0.25) is 0 Å². The standard InChI is InChI=1S/C25H26F2N2O5/c1-16(31)24-28-12-13-29(24)20(14-30)9-4-17-2-5-18(6-3-17)19-7-10-21(11-8-19)34-22-15-33-25(26,27)23(22)32/h2-13,16,20,22-23,30-32H,14-15H2,1H3/b9-4+/t16-,20-,22?,23-/m0/s1. The molecule has 180 valence electrons. The van der Waals surface area contributed by atoms with Crippen LogP contribution in [0, 0.1) is 0 Å². The highest BCUT2D eigenvalue weighted by Gasteiger charge is 2.52. The third kappa shape index (κ3) is 5.18. The van der Waals surface area contributed by atoms with Gasteiger partial charge >= 0.3 is 6.11 Å². The van der Waals surface area contributed by atoms with Crippen LogP contribution >= 0.6 is 0 Å². The van der Waals surface area contributed by atoms with Crippen LogP contribution in [0.15, 0.2) is 67.0 Å². The third-order valence-corrected chi connectivity index (χ3v) is 5.65. The molecule has 2 heterocycles. The molecule has 4 atom stereocenters. The average Bonchev–Trinajstić information content (AvgIpc) is 3.41. The van der Waals surface area contributed by atoms with Gasteiger partial charge in [-0.1, -0.05) is 48.6 Å². The summed E-state index contributed by atoms with van der Waals surface area (Å²) < 4.78 is 38.0. The first kappa shape index (κ1) is 24.0. The van der Waals surface area contributed by atoms with Crippen LogP contribution in [0.4, 0.5) is 8.78 Å². The van der Waals surface area contributed by atoms with Crippen LogP contribution in [0.5, 0.6) is 5.75 Å². The first-order chi connectivity index (χ1) is 16.3. The first-order valence-corrected chi connectivity index (χ1v) is 10.9. The van der Waals surface area contributed by atoms with Crippen molar-refractivity contribution in [2.75, 3.05) is 13.2 Å². The normalized spacial score (nSPS) is 21.6. The Bertz CT molecular complexity index is 1110. The largest absolute Gasteiger partial charge is 0.485 e. The zero-order valence-corrected chi connectivity index (χ0v) is 18.5. The highest BCUT2D eigenvalue weighted by atomic mass is 19.3. The zero-order chi connectivity index (χ0) is 24.3. The van der Waals surface area contributed by atoms with E-state index in [4.69, 9.17) is 4.74 Å². The van der Waals surface area contributed by atoms with Crippen LogP contribution in [-0.2, 0) is 4.74 Å². The van der Waals surface area contributed by atoms with Gasteiger partial charge in [-0.05, 0) is 35.7 Å². The van der Waals surface area contributed by atoms with E-state index in [1.165, 1.54) is 0 Å². The van der Waals surface area contributed by atoms with E-state index in [1.54, 1.807) is 48.1 Å². The Kier molecular flexibility index (Phi) is 7.08. The van der Waals surface area contributed by atoms with Gasteiger partial charge in [0.15, 0.2) is 12.2 Å². The van der Waals surface area contributed by atoms with Gasteiger partial charge in [0.1, 0.15) is 17.7 Å². The lowest BCUT2D eigenvalue weighted by Gasteiger charge is -2.17. The molecule has 1 aliphatic heterocycles. The molecule has 1 unspecified atom stereocenters. The van der Waals surface area contributed by atoms with Crippen LogP contribution < -0.4 is 4.74 Å². The van der Waals surface area contributed by atoms with Crippen molar-refractivity contribution in [1.82, 2.24) is 9.55 Å². The summed E-state index contributed by atoms with van der Waals surface area (Å²) in [5.41, 5.74) is 2.78. The summed E-state index contributed by atoms with van der Waals surface area (Å²) in [5, 5.41) is 29.2. The van der Waals surface area contributed by atoms with Crippen LogP contribution in [-0.4, -0.2) is 56.4 Å². The molecule has 9 heteroatoms. The minimum atomic E-state index is -3.60. The van der Waals surface area contributed by atoms with Gasteiger partial charge in [0, 0.05) is 12.4 Å². The third-order valence-electron chi connectivity index (χ3n) is 5.65. The average molecular weight is 472 g/mol. The van der Waals surface area contributed by atoms with E-state index in [2.05, 4.69) is 9.72 Å². The number of hydrogen-bond donors (Lipinski definition) is 3. The van der Waals surface area contributed by atoms with Gasteiger partial charge < -0.3 is 29.4 Å². The molecule has 0 saturated carbocycles. The summed E-state index contributed by atoms with van der Waals surface area (Å²) in [6.45, 7) is 1.10. The molecule has 3 aromatic rings. The number of benzene rings is 2. The molecule has 1 saturated heterocycles. The SMILES string of the molecule is C[C@H](O)c1nccn1[C@@H](/C=C/c1ccc(-c2ccc(OC3COC(F)(F)[C@H]3O)cc2)cc1)CO. The molecule has 3 N–H and O–H groups in total. The second-order valence-corrected chi connectivity index (χ2v) is 8.10. The van der Waals surface area contributed by atoms with E-state index in [1.807, 2.05) is 36.4 Å². The highest BCUT2D eigenvalue weighted by Crippen LogP contribution is 2.32. The van der Waals surface area contributed by atoms with Crippen LogP contribution in [0.3, 0.4) is 0 Å². The number of imidazole rings is 1. The summed E-state index contributed by atoms with van der Waals surface area (Å²) >= 11 is 0. The molecular weight excluding hydrogens is 446 g/mol. The van der Waals surface area contributed by atoms with Crippen molar-refractivity contribution in [2.45, 2.75) is 37.4 Å². The van der Waals surface area contributed by atoms with Gasteiger partial charge in [-0.3, -0.25) is 0 Å². The molecule has 1 aliphatic rings. The molecule has 7 nitrogen and oxygen atoms in total. The number of aliphatic hydroxyl groups excluding tert-OH is 3. The molecule has 4 rings (SSSR count). The summed E-state index contributed by atoms with van der Waals surface area (Å²) in [4.78, 5) is 4.14. The Balaban J connectivity index is 1.41. The molecule has 2 aromatic carbocycles. The monoisotopic (exact) mass is 472 g/mol. The smallest absolute Gasteiger partial charge is 0.385 e. The van der Waals surface area contributed by atoms with Crippen molar-refractivity contribution < 1.29 is 33.6 Å². The Morgan fingerprint density at radius 3 is 2.38 bits per heavy atom. The van der Waals surface area contributed by atoms with Crippen molar-refractivity contribution in [3.8, 4) is 16.9 Å². The molecule has 0 aliphatic carbocycles. The van der Waals surface area contributed by atoms with E-state index in [9.17, 15) is 24.1 Å². The second-order valence-electron chi connectivity index (χ2n) is 8.10. The number of ether oxygens (including phenoxy) is 2. The summed E-state index contributed by atoms with van der Waals surface area (Å²) in [6, 6.07) is 14.3. The van der Waals surface area contributed by atoms with Crippen molar-refractivity contribution in [3.63, 3.8) is 0 Å². The highest BCUT2D eigenvalue weighted by molar-refractivity contribution is 5.66. The molecule has 1 fully saturated rings. The molecule has 0 spiro atoms.